The zero-order valence-electron chi connectivity index (χ0n) is 17.9. The van der Waals surface area contributed by atoms with Gasteiger partial charge >= 0.3 is 0 Å². The van der Waals surface area contributed by atoms with Gasteiger partial charge in [-0.1, -0.05) is 47.5 Å². The molecule has 0 unspecified atom stereocenters. The largest absolute Gasteiger partial charge is 0.324 e. The number of aryl methyl sites for hydroxylation is 1. The van der Waals surface area contributed by atoms with E-state index >= 15 is 0 Å². The second kappa shape index (κ2) is 8.72. The molecule has 0 radical (unpaired) electrons. The molecule has 5 rings (SSSR count). The summed E-state index contributed by atoms with van der Waals surface area (Å²) in [7, 11) is 0. The molecule has 2 heterocycles. The number of anilines is 2. The number of amides is 1. The lowest BCUT2D eigenvalue weighted by atomic mass is 10.0. The molecule has 0 saturated heterocycles. The molecule has 2 N–H and O–H groups in total. The lowest BCUT2D eigenvalue weighted by molar-refractivity contribution is 0.102. The van der Waals surface area contributed by atoms with Crippen LogP contribution < -0.4 is 10.6 Å². The van der Waals surface area contributed by atoms with E-state index in [2.05, 4.69) is 20.7 Å². The van der Waals surface area contributed by atoms with Crippen molar-refractivity contribution in [2.75, 3.05) is 10.6 Å². The first-order valence-electron chi connectivity index (χ1n) is 10.4. The molecule has 0 bridgehead atoms. The summed E-state index contributed by atoms with van der Waals surface area (Å²) >= 11 is 6.38. The quantitative estimate of drug-likeness (QED) is 0.388. The zero-order chi connectivity index (χ0) is 23.8. The molecular formula is C25H18ClF2N5O. The topological polar surface area (TPSA) is 71.8 Å². The summed E-state index contributed by atoms with van der Waals surface area (Å²) in [6, 6.07) is 16.7. The molecule has 1 aliphatic heterocycles. The molecule has 0 aliphatic carbocycles. The van der Waals surface area contributed by atoms with E-state index in [1.807, 2.05) is 37.3 Å². The predicted molar refractivity (Wildman–Crippen MR) is 127 cm³/mol. The Hall–Kier alpha value is -4.04. The number of rotatable bonds is 4. The fraction of sp³-hybridized carbons (Fsp3) is 0.0800. The van der Waals surface area contributed by atoms with E-state index in [0.717, 1.165) is 11.1 Å². The van der Waals surface area contributed by atoms with Crippen molar-refractivity contribution in [1.82, 2.24) is 14.8 Å². The molecule has 1 aromatic heterocycles. The Balaban J connectivity index is 1.55. The summed E-state index contributed by atoms with van der Waals surface area (Å²) < 4.78 is 29.5. The molecular weight excluding hydrogens is 460 g/mol. The molecule has 0 spiro atoms. The minimum Gasteiger partial charge on any atom is -0.324 e. The van der Waals surface area contributed by atoms with Crippen LogP contribution in [0.2, 0.25) is 5.02 Å². The van der Waals surface area contributed by atoms with Gasteiger partial charge in [-0.25, -0.2) is 13.5 Å². The number of fused-ring (bicyclic) bond motifs is 1. The van der Waals surface area contributed by atoms with Gasteiger partial charge in [0.2, 0.25) is 5.95 Å². The number of nitrogens with one attached hydrogen (secondary N) is 2. The third-order valence-electron chi connectivity index (χ3n) is 5.46. The van der Waals surface area contributed by atoms with Crippen molar-refractivity contribution in [3.8, 4) is 0 Å². The highest BCUT2D eigenvalue weighted by Gasteiger charge is 2.29. The number of aromatic nitrogens is 3. The Bertz CT molecular complexity index is 1390. The van der Waals surface area contributed by atoms with E-state index in [0.29, 0.717) is 11.6 Å². The molecule has 1 amide bonds. The highest BCUT2D eigenvalue weighted by Crippen LogP contribution is 2.37. The molecule has 0 saturated carbocycles. The van der Waals surface area contributed by atoms with E-state index in [4.69, 9.17) is 11.6 Å². The molecule has 1 aliphatic rings. The standard InChI is InChI=1S/C25H18ClF2N5O/c1-14-5-7-15(8-6-14)20-13-21(22-18(26)3-2-4-19(22)28)33-25(29-20)31-24(32-33)30-23(34)16-9-11-17(27)12-10-16/h2-13,21H,1H3,(H2,29,30,31,32,34)/t21-/m0/s1. The highest BCUT2D eigenvalue weighted by molar-refractivity contribution is 6.31. The number of nitrogens with zero attached hydrogens (tertiary/aromatic N) is 3. The van der Waals surface area contributed by atoms with E-state index in [1.54, 1.807) is 6.07 Å². The summed E-state index contributed by atoms with van der Waals surface area (Å²) in [4.78, 5) is 17.0. The normalized spacial score (nSPS) is 14.7. The fourth-order valence-corrected chi connectivity index (χ4v) is 4.00. The lowest BCUT2D eigenvalue weighted by Gasteiger charge is -2.25. The molecule has 3 aromatic carbocycles. The number of benzene rings is 3. The number of carbonyl (C=O) groups excluding carboxylic acids is 1. The fourth-order valence-electron chi connectivity index (χ4n) is 3.72. The van der Waals surface area contributed by atoms with Crippen LogP contribution >= 0.6 is 11.6 Å². The first-order chi connectivity index (χ1) is 16.4. The van der Waals surface area contributed by atoms with Crippen molar-refractivity contribution in [2.24, 2.45) is 0 Å². The molecule has 34 heavy (non-hydrogen) atoms. The zero-order valence-corrected chi connectivity index (χ0v) is 18.6. The smallest absolute Gasteiger partial charge is 0.258 e. The minimum absolute atomic E-state index is 0.00726. The molecule has 9 heteroatoms. The summed E-state index contributed by atoms with van der Waals surface area (Å²) in [6.45, 7) is 1.99. The van der Waals surface area contributed by atoms with Gasteiger partial charge in [0.15, 0.2) is 0 Å². The van der Waals surface area contributed by atoms with Crippen molar-refractivity contribution in [3.63, 3.8) is 0 Å². The SMILES string of the molecule is Cc1ccc(C2=C[C@@H](c3c(F)cccc3Cl)n3nc(NC(=O)c4ccc(F)cc4)nc3N2)cc1. The van der Waals surface area contributed by atoms with Gasteiger partial charge in [-0.05, 0) is 55.0 Å². The number of hydrogen-bond acceptors (Lipinski definition) is 4. The summed E-state index contributed by atoms with van der Waals surface area (Å²) in [5, 5.41) is 10.4. The number of halogens is 3. The van der Waals surface area contributed by atoms with Crippen LogP contribution in [0.3, 0.4) is 0 Å². The third kappa shape index (κ3) is 4.15. The van der Waals surface area contributed by atoms with Crippen LogP contribution in [0.15, 0.2) is 72.8 Å². The van der Waals surface area contributed by atoms with Gasteiger partial charge in [-0.2, -0.15) is 4.98 Å². The van der Waals surface area contributed by atoms with Gasteiger partial charge < -0.3 is 5.32 Å². The average Bonchev–Trinajstić information content (AvgIpc) is 3.22. The van der Waals surface area contributed by atoms with Crippen molar-refractivity contribution < 1.29 is 13.6 Å². The maximum atomic E-state index is 14.9. The molecule has 6 nitrogen and oxygen atoms in total. The highest BCUT2D eigenvalue weighted by atomic mass is 35.5. The first-order valence-corrected chi connectivity index (χ1v) is 10.8. The Labute approximate surface area is 198 Å². The Morgan fingerprint density at radius 3 is 2.50 bits per heavy atom. The predicted octanol–water partition coefficient (Wildman–Crippen LogP) is 5.83. The van der Waals surface area contributed by atoms with Gasteiger partial charge in [-0.3, -0.25) is 10.1 Å². The monoisotopic (exact) mass is 477 g/mol. The van der Waals surface area contributed by atoms with Crippen LogP contribution in [0.25, 0.3) is 5.70 Å². The van der Waals surface area contributed by atoms with Crippen molar-refractivity contribution in [1.29, 1.82) is 0 Å². The summed E-state index contributed by atoms with van der Waals surface area (Å²) in [5.74, 6) is -1.13. The first kappa shape index (κ1) is 21.8. The molecule has 1 atom stereocenters. The van der Waals surface area contributed by atoms with Crippen molar-refractivity contribution in [2.45, 2.75) is 13.0 Å². The van der Waals surface area contributed by atoms with E-state index in [-0.39, 0.29) is 22.1 Å². The summed E-state index contributed by atoms with van der Waals surface area (Å²) in [6.07, 6.45) is 1.81. The van der Waals surface area contributed by atoms with Crippen molar-refractivity contribution >= 4 is 35.1 Å². The van der Waals surface area contributed by atoms with Crippen molar-refractivity contribution in [3.05, 3.63) is 112 Å². The number of allylic oxidation sites excluding steroid dienone is 1. The van der Waals surface area contributed by atoms with Crippen LogP contribution in [-0.4, -0.2) is 20.7 Å². The van der Waals surface area contributed by atoms with Gasteiger partial charge in [0.1, 0.15) is 17.7 Å². The van der Waals surface area contributed by atoms with Gasteiger partial charge in [0.25, 0.3) is 11.9 Å². The Morgan fingerprint density at radius 2 is 1.79 bits per heavy atom. The number of hydrogen-bond donors (Lipinski definition) is 2. The van der Waals surface area contributed by atoms with Crippen LogP contribution in [0.1, 0.15) is 33.1 Å². The lowest BCUT2D eigenvalue weighted by Crippen LogP contribution is -2.21. The number of carbonyl (C=O) groups is 1. The van der Waals surface area contributed by atoms with Crippen LogP contribution in [-0.2, 0) is 0 Å². The van der Waals surface area contributed by atoms with Gasteiger partial charge in [0, 0.05) is 21.8 Å². The van der Waals surface area contributed by atoms with Gasteiger partial charge in [0.05, 0.1) is 0 Å². The van der Waals surface area contributed by atoms with Crippen LogP contribution in [0.4, 0.5) is 20.7 Å². The van der Waals surface area contributed by atoms with E-state index in [9.17, 15) is 13.6 Å². The Kier molecular flexibility index (Phi) is 5.59. The molecule has 0 fully saturated rings. The van der Waals surface area contributed by atoms with E-state index < -0.39 is 23.6 Å². The van der Waals surface area contributed by atoms with E-state index in [1.165, 1.54) is 41.1 Å². The third-order valence-corrected chi connectivity index (χ3v) is 5.79. The molecule has 4 aromatic rings. The average molecular weight is 478 g/mol. The minimum atomic E-state index is -0.717. The van der Waals surface area contributed by atoms with Crippen LogP contribution in [0.5, 0.6) is 0 Å². The Morgan fingerprint density at radius 1 is 1.06 bits per heavy atom. The van der Waals surface area contributed by atoms with Crippen LogP contribution in [0, 0.1) is 18.6 Å². The summed E-state index contributed by atoms with van der Waals surface area (Å²) in [5.41, 5.74) is 3.14. The second-order valence-corrected chi connectivity index (χ2v) is 8.22. The second-order valence-electron chi connectivity index (χ2n) is 7.82. The maximum Gasteiger partial charge on any atom is 0.258 e. The molecule has 170 valence electrons. The van der Waals surface area contributed by atoms with Gasteiger partial charge in [-0.15, -0.1) is 5.10 Å². The maximum absolute atomic E-state index is 14.9.